The molecule has 0 aromatic heterocycles. The lowest BCUT2D eigenvalue weighted by molar-refractivity contribution is -0.133. The molecule has 4 nitrogen and oxygen atoms in total. The fourth-order valence-corrected chi connectivity index (χ4v) is 3.86. The van der Waals surface area contributed by atoms with Gasteiger partial charge in [-0.2, -0.15) is 0 Å². The smallest absolute Gasteiger partial charge is 0.256 e. The average molecular weight is 422 g/mol. The van der Waals surface area contributed by atoms with Gasteiger partial charge in [-0.3, -0.25) is 4.79 Å². The molecule has 0 saturated heterocycles. The van der Waals surface area contributed by atoms with Crippen LogP contribution < -0.4 is 4.90 Å². The number of hydrogen-bond donors (Lipinski definition) is 1. The Morgan fingerprint density at radius 1 is 1.11 bits per heavy atom. The Bertz CT molecular complexity index is 863. The Hall–Kier alpha value is -1.59. The summed E-state index contributed by atoms with van der Waals surface area (Å²) >= 11 is 12.8. The van der Waals surface area contributed by atoms with E-state index < -0.39 is 12.2 Å². The van der Waals surface area contributed by atoms with Gasteiger partial charge in [0, 0.05) is 46.4 Å². The van der Waals surface area contributed by atoms with Crippen molar-refractivity contribution in [1.29, 1.82) is 0 Å². The Balaban J connectivity index is 2.20. The van der Waals surface area contributed by atoms with Crippen LogP contribution in [0.5, 0.6) is 0 Å². The molecular formula is C22H25Cl2NO3. The molecule has 0 bridgehead atoms. The minimum absolute atomic E-state index is 0.124. The molecular weight excluding hydrogens is 397 g/mol. The number of aliphatic hydroxyl groups is 1. The first-order chi connectivity index (χ1) is 13.2. The highest BCUT2D eigenvalue weighted by molar-refractivity contribution is 6.31. The fourth-order valence-electron chi connectivity index (χ4n) is 3.44. The van der Waals surface area contributed by atoms with E-state index in [-0.39, 0.29) is 24.3 Å². The van der Waals surface area contributed by atoms with Crippen molar-refractivity contribution in [3.63, 3.8) is 0 Å². The number of hydrogen-bond acceptors (Lipinski definition) is 3. The number of ether oxygens (including phenoxy) is 1. The van der Waals surface area contributed by atoms with E-state index in [9.17, 15) is 9.90 Å². The van der Waals surface area contributed by atoms with E-state index in [2.05, 4.69) is 20.8 Å². The Morgan fingerprint density at radius 3 is 2.46 bits per heavy atom. The van der Waals surface area contributed by atoms with Crippen molar-refractivity contribution in [1.82, 2.24) is 0 Å². The fraction of sp³-hybridized carbons (Fsp3) is 0.409. The first-order valence-electron chi connectivity index (χ1n) is 9.33. The molecule has 2 atom stereocenters. The molecule has 0 unspecified atom stereocenters. The zero-order chi connectivity index (χ0) is 20.5. The van der Waals surface area contributed by atoms with Crippen molar-refractivity contribution in [2.24, 2.45) is 5.41 Å². The van der Waals surface area contributed by atoms with Crippen LogP contribution in [0.2, 0.25) is 10.0 Å². The monoisotopic (exact) mass is 421 g/mol. The summed E-state index contributed by atoms with van der Waals surface area (Å²) in [5.74, 6) is -0.165. The first-order valence-corrected chi connectivity index (χ1v) is 10.1. The molecule has 1 aliphatic rings. The molecule has 0 aliphatic carbocycles. The highest BCUT2D eigenvalue weighted by atomic mass is 35.5. The van der Waals surface area contributed by atoms with E-state index in [1.54, 1.807) is 17.0 Å². The number of carbonyl (C=O) groups excluding carboxylic acids is 1. The van der Waals surface area contributed by atoms with Crippen LogP contribution >= 0.6 is 23.2 Å². The molecule has 1 aliphatic heterocycles. The summed E-state index contributed by atoms with van der Waals surface area (Å²) in [6.45, 7) is 6.60. The number of fused-ring (bicyclic) bond motifs is 1. The minimum Gasteiger partial charge on any atom is -0.396 e. The summed E-state index contributed by atoms with van der Waals surface area (Å²) in [5.41, 5.74) is 2.19. The molecule has 6 heteroatoms. The molecule has 1 heterocycles. The summed E-state index contributed by atoms with van der Waals surface area (Å²) in [4.78, 5) is 15.1. The molecule has 1 N–H and O–H groups in total. The van der Waals surface area contributed by atoms with Gasteiger partial charge in [0.25, 0.3) is 5.91 Å². The van der Waals surface area contributed by atoms with Gasteiger partial charge in [-0.05, 0) is 29.7 Å². The van der Waals surface area contributed by atoms with Gasteiger partial charge in [0.1, 0.15) is 12.2 Å². The molecule has 150 valence electrons. The number of nitrogens with zero attached hydrogens (tertiary/aromatic N) is 1. The lowest BCUT2D eigenvalue weighted by atomic mass is 9.94. The lowest BCUT2D eigenvalue weighted by Crippen LogP contribution is -2.43. The number of carbonyl (C=O) groups is 1. The highest BCUT2D eigenvalue weighted by Gasteiger charge is 2.38. The van der Waals surface area contributed by atoms with E-state index in [0.29, 0.717) is 16.6 Å². The van der Waals surface area contributed by atoms with Gasteiger partial charge in [0.2, 0.25) is 0 Å². The van der Waals surface area contributed by atoms with E-state index in [1.165, 1.54) is 0 Å². The number of aliphatic hydroxyl groups excluding tert-OH is 1. The molecule has 28 heavy (non-hydrogen) atoms. The second kappa shape index (κ2) is 8.42. The lowest BCUT2D eigenvalue weighted by Gasteiger charge is -2.31. The Morgan fingerprint density at radius 2 is 1.82 bits per heavy atom. The van der Waals surface area contributed by atoms with Crippen LogP contribution in [0.1, 0.15) is 44.4 Å². The maximum Gasteiger partial charge on any atom is 0.256 e. The predicted molar refractivity (Wildman–Crippen MR) is 113 cm³/mol. The van der Waals surface area contributed by atoms with Gasteiger partial charge in [-0.1, -0.05) is 62.2 Å². The number of halogens is 2. The standard InChI is InChI=1S/C22H25Cl2NO3/c1-22(2,3)13-25-18-9-8-14(23)12-16(18)20(15-6-4-5-7-17(15)24)28-19(10-11-26)21(25)27/h4-9,12,19-20,26H,10-11,13H2,1-3H3/t19-,20-/m0/s1. The summed E-state index contributed by atoms with van der Waals surface area (Å²) < 4.78 is 6.26. The highest BCUT2D eigenvalue weighted by Crippen LogP contribution is 2.42. The molecule has 2 aromatic carbocycles. The minimum atomic E-state index is -0.778. The topological polar surface area (TPSA) is 49.8 Å². The van der Waals surface area contributed by atoms with Gasteiger partial charge in [0.05, 0.1) is 0 Å². The quantitative estimate of drug-likeness (QED) is 0.733. The average Bonchev–Trinajstić information content (AvgIpc) is 2.72. The van der Waals surface area contributed by atoms with Crippen LogP contribution in [-0.4, -0.2) is 30.3 Å². The van der Waals surface area contributed by atoms with Crippen LogP contribution in [0.15, 0.2) is 42.5 Å². The van der Waals surface area contributed by atoms with Crippen molar-refractivity contribution < 1.29 is 14.6 Å². The number of amides is 1. The number of rotatable bonds is 4. The Labute approximate surface area is 176 Å². The maximum atomic E-state index is 13.3. The van der Waals surface area contributed by atoms with Gasteiger partial charge >= 0.3 is 0 Å². The summed E-state index contributed by atoms with van der Waals surface area (Å²) in [7, 11) is 0. The van der Waals surface area contributed by atoms with Gasteiger partial charge < -0.3 is 14.7 Å². The van der Waals surface area contributed by atoms with Gasteiger partial charge in [-0.15, -0.1) is 0 Å². The second-order valence-electron chi connectivity index (χ2n) is 8.23. The van der Waals surface area contributed by atoms with Crippen molar-refractivity contribution >= 4 is 34.8 Å². The Kier molecular flexibility index (Phi) is 6.35. The van der Waals surface area contributed by atoms with Crippen molar-refractivity contribution in [3.8, 4) is 0 Å². The molecule has 3 rings (SSSR count). The van der Waals surface area contributed by atoms with E-state index in [1.807, 2.05) is 30.3 Å². The summed E-state index contributed by atoms with van der Waals surface area (Å²) in [6.07, 6.45) is -1.13. The normalized spacial score (nSPS) is 20.1. The third-order valence-corrected chi connectivity index (χ3v) is 5.20. The van der Waals surface area contributed by atoms with E-state index >= 15 is 0 Å². The van der Waals surface area contributed by atoms with Gasteiger partial charge in [-0.25, -0.2) is 0 Å². The van der Waals surface area contributed by atoms with Crippen LogP contribution in [-0.2, 0) is 9.53 Å². The largest absolute Gasteiger partial charge is 0.396 e. The molecule has 0 spiro atoms. The van der Waals surface area contributed by atoms with Crippen molar-refractivity contribution in [2.75, 3.05) is 18.1 Å². The molecule has 0 radical (unpaired) electrons. The zero-order valence-corrected chi connectivity index (χ0v) is 17.8. The summed E-state index contributed by atoms with van der Waals surface area (Å²) in [6, 6.07) is 12.9. The molecule has 0 fully saturated rings. The molecule has 2 aromatic rings. The third kappa shape index (κ3) is 4.52. The van der Waals surface area contributed by atoms with E-state index in [4.69, 9.17) is 27.9 Å². The number of benzene rings is 2. The third-order valence-electron chi connectivity index (χ3n) is 4.62. The SMILES string of the molecule is CC(C)(C)CN1C(=O)[C@H](CCO)O[C@@H](c2ccccc2Cl)c2cc(Cl)ccc21. The van der Waals surface area contributed by atoms with Crippen LogP contribution in [0.25, 0.3) is 0 Å². The van der Waals surface area contributed by atoms with Crippen molar-refractivity contribution in [3.05, 3.63) is 63.6 Å². The van der Waals surface area contributed by atoms with E-state index in [0.717, 1.165) is 16.8 Å². The van der Waals surface area contributed by atoms with Crippen LogP contribution in [0, 0.1) is 5.41 Å². The molecule has 1 amide bonds. The zero-order valence-electron chi connectivity index (χ0n) is 16.3. The number of anilines is 1. The van der Waals surface area contributed by atoms with Crippen LogP contribution in [0.4, 0.5) is 5.69 Å². The summed E-state index contributed by atoms with van der Waals surface area (Å²) in [5, 5.41) is 10.6. The van der Waals surface area contributed by atoms with Gasteiger partial charge in [0.15, 0.2) is 0 Å². The first kappa shape index (κ1) is 21.1. The maximum absolute atomic E-state index is 13.3. The predicted octanol–water partition coefficient (Wildman–Crippen LogP) is 5.24. The molecule has 0 saturated carbocycles. The van der Waals surface area contributed by atoms with Crippen molar-refractivity contribution in [2.45, 2.75) is 39.4 Å². The second-order valence-corrected chi connectivity index (χ2v) is 9.07. The van der Waals surface area contributed by atoms with Crippen LogP contribution in [0.3, 0.4) is 0 Å².